The van der Waals surface area contributed by atoms with Gasteiger partial charge in [-0.25, -0.2) is 4.79 Å². The SMILES string of the molecule is COc1ccc(COC(=O)[C@H](CC(=O)OC2CCCCC2)NC(=O)c2ccc(C(C)=O)cc2)cc1. The van der Waals surface area contributed by atoms with Gasteiger partial charge in [0.15, 0.2) is 5.78 Å². The van der Waals surface area contributed by atoms with E-state index in [4.69, 9.17) is 14.2 Å². The lowest BCUT2D eigenvalue weighted by molar-refractivity contribution is -0.157. The third-order valence-electron chi connectivity index (χ3n) is 5.90. The summed E-state index contributed by atoms with van der Waals surface area (Å²) in [6.45, 7) is 1.40. The van der Waals surface area contributed by atoms with Gasteiger partial charge in [-0.1, -0.05) is 30.7 Å². The Bertz CT molecular complexity index is 1020. The molecular formula is C27H31NO7. The number of Topliss-reactive ketones (excluding diaryl/α,β-unsaturated/α-hetero) is 1. The number of ketones is 1. The highest BCUT2D eigenvalue weighted by Crippen LogP contribution is 2.21. The van der Waals surface area contributed by atoms with Gasteiger partial charge in [0.1, 0.15) is 24.5 Å². The van der Waals surface area contributed by atoms with Crippen molar-refractivity contribution in [1.29, 1.82) is 0 Å². The molecule has 35 heavy (non-hydrogen) atoms. The van der Waals surface area contributed by atoms with Crippen LogP contribution < -0.4 is 10.1 Å². The fourth-order valence-corrected chi connectivity index (χ4v) is 3.85. The van der Waals surface area contributed by atoms with Crippen molar-refractivity contribution in [2.75, 3.05) is 7.11 Å². The quantitative estimate of drug-likeness (QED) is 0.404. The number of amides is 1. The molecule has 1 amide bonds. The summed E-state index contributed by atoms with van der Waals surface area (Å²) in [6, 6.07) is 11.8. The lowest BCUT2D eigenvalue weighted by Gasteiger charge is -2.23. The maximum absolute atomic E-state index is 12.9. The molecule has 1 aliphatic rings. The second-order valence-corrected chi connectivity index (χ2v) is 8.57. The number of hydrogen-bond donors (Lipinski definition) is 1. The van der Waals surface area contributed by atoms with Gasteiger partial charge >= 0.3 is 11.9 Å². The Hall–Kier alpha value is -3.68. The number of carbonyl (C=O) groups is 4. The average Bonchev–Trinajstić information content (AvgIpc) is 2.87. The first-order valence-electron chi connectivity index (χ1n) is 11.8. The first kappa shape index (κ1) is 25.9. The fraction of sp³-hybridized carbons (Fsp3) is 0.407. The zero-order valence-corrected chi connectivity index (χ0v) is 20.1. The molecule has 1 aliphatic carbocycles. The van der Waals surface area contributed by atoms with Crippen LogP contribution in [0, 0.1) is 0 Å². The number of hydrogen-bond acceptors (Lipinski definition) is 7. The molecule has 1 N–H and O–H groups in total. The van der Waals surface area contributed by atoms with E-state index >= 15 is 0 Å². The maximum atomic E-state index is 12.9. The number of benzene rings is 2. The molecule has 8 nitrogen and oxygen atoms in total. The first-order chi connectivity index (χ1) is 16.9. The van der Waals surface area contributed by atoms with Crippen molar-refractivity contribution >= 4 is 23.6 Å². The maximum Gasteiger partial charge on any atom is 0.329 e. The molecule has 3 rings (SSSR count). The van der Waals surface area contributed by atoms with Gasteiger partial charge in [-0.3, -0.25) is 14.4 Å². The van der Waals surface area contributed by atoms with E-state index in [0.29, 0.717) is 11.3 Å². The van der Waals surface area contributed by atoms with Crippen LogP contribution in [0.1, 0.15) is 71.7 Å². The highest BCUT2D eigenvalue weighted by molar-refractivity contribution is 5.99. The lowest BCUT2D eigenvalue weighted by Crippen LogP contribution is -2.43. The molecule has 2 aromatic carbocycles. The van der Waals surface area contributed by atoms with Crippen molar-refractivity contribution < 1.29 is 33.4 Å². The Morgan fingerprint density at radius 2 is 1.54 bits per heavy atom. The number of nitrogens with one attached hydrogen (secondary N) is 1. The van der Waals surface area contributed by atoms with Crippen molar-refractivity contribution in [2.24, 2.45) is 0 Å². The minimum atomic E-state index is -1.22. The standard InChI is InChI=1S/C27H31NO7/c1-18(29)20-10-12-21(13-11-20)26(31)28-24(16-25(30)35-23-6-4-3-5-7-23)27(32)34-17-19-8-14-22(33-2)15-9-19/h8-15,23-24H,3-7,16-17H2,1-2H3,(H,28,31)/t24-/m0/s1. The Labute approximate surface area is 204 Å². The summed E-state index contributed by atoms with van der Waals surface area (Å²) in [5, 5.41) is 2.59. The molecule has 2 aromatic rings. The van der Waals surface area contributed by atoms with Crippen molar-refractivity contribution in [2.45, 2.75) is 64.2 Å². The number of esters is 2. The van der Waals surface area contributed by atoms with E-state index < -0.39 is 23.9 Å². The third-order valence-corrected chi connectivity index (χ3v) is 5.90. The Morgan fingerprint density at radius 3 is 2.14 bits per heavy atom. The molecule has 0 radical (unpaired) electrons. The van der Waals surface area contributed by atoms with Gasteiger partial charge in [-0.2, -0.15) is 0 Å². The topological polar surface area (TPSA) is 108 Å². The first-order valence-corrected chi connectivity index (χ1v) is 11.8. The molecule has 0 spiro atoms. The predicted molar refractivity (Wildman–Crippen MR) is 128 cm³/mol. The van der Waals surface area contributed by atoms with Gasteiger partial charge in [0, 0.05) is 11.1 Å². The summed E-state index contributed by atoms with van der Waals surface area (Å²) in [5.41, 5.74) is 1.45. The van der Waals surface area contributed by atoms with E-state index in [0.717, 1.165) is 37.7 Å². The molecule has 1 saturated carbocycles. The molecule has 0 bridgehead atoms. The van der Waals surface area contributed by atoms with Crippen LogP contribution in [-0.4, -0.2) is 42.9 Å². The summed E-state index contributed by atoms with van der Waals surface area (Å²) in [6.07, 6.45) is 4.21. The van der Waals surface area contributed by atoms with E-state index in [9.17, 15) is 19.2 Å². The minimum Gasteiger partial charge on any atom is -0.497 e. The average molecular weight is 482 g/mol. The second kappa shape index (κ2) is 12.7. The van der Waals surface area contributed by atoms with Crippen LogP contribution in [0.25, 0.3) is 0 Å². The molecule has 0 saturated heterocycles. The van der Waals surface area contributed by atoms with Crippen molar-refractivity contribution in [3.63, 3.8) is 0 Å². The summed E-state index contributed by atoms with van der Waals surface area (Å²) >= 11 is 0. The normalized spacial score (nSPS) is 14.5. The lowest BCUT2D eigenvalue weighted by atomic mass is 9.98. The van der Waals surface area contributed by atoms with Gasteiger partial charge in [0.05, 0.1) is 13.5 Å². The largest absolute Gasteiger partial charge is 0.497 e. The monoisotopic (exact) mass is 481 g/mol. The fourth-order valence-electron chi connectivity index (χ4n) is 3.85. The van der Waals surface area contributed by atoms with Gasteiger partial charge in [0.25, 0.3) is 5.91 Å². The molecule has 0 heterocycles. The highest BCUT2D eigenvalue weighted by atomic mass is 16.5. The second-order valence-electron chi connectivity index (χ2n) is 8.57. The van der Waals surface area contributed by atoms with Crippen LogP contribution >= 0.6 is 0 Å². The number of ether oxygens (including phenoxy) is 3. The van der Waals surface area contributed by atoms with E-state index in [2.05, 4.69) is 5.32 Å². The molecular weight excluding hydrogens is 450 g/mol. The van der Waals surface area contributed by atoms with Crippen LogP contribution in [0.4, 0.5) is 0 Å². The summed E-state index contributed by atoms with van der Waals surface area (Å²) in [4.78, 5) is 49.7. The van der Waals surface area contributed by atoms with Crippen LogP contribution in [0.2, 0.25) is 0 Å². The van der Waals surface area contributed by atoms with E-state index in [1.807, 2.05) is 0 Å². The molecule has 1 fully saturated rings. The molecule has 0 aliphatic heterocycles. The van der Waals surface area contributed by atoms with E-state index in [-0.39, 0.29) is 30.5 Å². The smallest absolute Gasteiger partial charge is 0.329 e. The third kappa shape index (κ3) is 7.95. The van der Waals surface area contributed by atoms with Gasteiger partial charge in [-0.05, 0) is 62.4 Å². The van der Waals surface area contributed by atoms with Gasteiger partial charge in [0.2, 0.25) is 0 Å². The van der Waals surface area contributed by atoms with Crippen LogP contribution in [0.5, 0.6) is 5.75 Å². The molecule has 8 heteroatoms. The number of carbonyl (C=O) groups excluding carboxylic acids is 4. The molecule has 0 unspecified atom stereocenters. The highest BCUT2D eigenvalue weighted by Gasteiger charge is 2.28. The molecule has 0 aromatic heterocycles. The van der Waals surface area contributed by atoms with Crippen LogP contribution in [0.15, 0.2) is 48.5 Å². The van der Waals surface area contributed by atoms with Crippen molar-refractivity contribution in [3.05, 3.63) is 65.2 Å². The van der Waals surface area contributed by atoms with Crippen molar-refractivity contribution in [1.82, 2.24) is 5.32 Å². The zero-order valence-electron chi connectivity index (χ0n) is 20.1. The van der Waals surface area contributed by atoms with Gasteiger partial charge in [-0.15, -0.1) is 0 Å². The zero-order chi connectivity index (χ0) is 25.2. The van der Waals surface area contributed by atoms with Crippen LogP contribution in [-0.2, 0) is 25.7 Å². The number of rotatable bonds is 10. The summed E-state index contributed by atoms with van der Waals surface area (Å²) in [7, 11) is 1.56. The Kier molecular flexibility index (Phi) is 9.40. The van der Waals surface area contributed by atoms with E-state index in [1.165, 1.54) is 31.2 Å². The molecule has 1 atom stereocenters. The van der Waals surface area contributed by atoms with Crippen molar-refractivity contribution in [3.8, 4) is 5.75 Å². The predicted octanol–water partition coefficient (Wildman–Crippen LogP) is 4.01. The number of methoxy groups -OCH3 is 1. The summed E-state index contributed by atoms with van der Waals surface area (Å²) < 4.78 is 16.1. The minimum absolute atomic E-state index is 0.0276. The molecule has 186 valence electrons. The Balaban J connectivity index is 1.66. The van der Waals surface area contributed by atoms with E-state index in [1.54, 1.807) is 31.4 Å². The Morgan fingerprint density at radius 1 is 0.914 bits per heavy atom. The summed E-state index contributed by atoms with van der Waals surface area (Å²) in [5.74, 6) is -1.31. The van der Waals surface area contributed by atoms with Gasteiger partial charge < -0.3 is 19.5 Å². The van der Waals surface area contributed by atoms with Crippen LogP contribution in [0.3, 0.4) is 0 Å².